The molecule has 0 radical (unpaired) electrons. The third kappa shape index (κ3) is 4.08. The average molecular weight is 387 g/mol. The molecule has 146 valence electrons. The quantitative estimate of drug-likeness (QED) is 0.631. The molecule has 0 unspecified atom stereocenters. The number of nitrogens with one attached hydrogen (secondary N) is 1. The minimum absolute atomic E-state index is 0.0666. The van der Waals surface area contributed by atoms with Gasteiger partial charge in [0.05, 0.1) is 11.1 Å². The number of pyridine rings is 1. The second kappa shape index (κ2) is 7.88. The summed E-state index contributed by atoms with van der Waals surface area (Å²) in [5.74, 6) is -0.0666. The maximum Gasteiger partial charge on any atom is 0.416 e. The zero-order valence-electron chi connectivity index (χ0n) is 15.5. The molecule has 0 atom stereocenters. The number of halogens is 3. The second-order valence-corrected chi connectivity index (χ2v) is 6.27. The molecule has 1 N–H and O–H groups in total. The maximum atomic E-state index is 12.9. The first-order chi connectivity index (χ1) is 13.3. The van der Waals surface area contributed by atoms with Crippen molar-refractivity contribution in [2.45, 2.75) is 20.0 Å². The number of alkyl halides is 3. The molecule has 4 nitrogen and oxygen atoms in total. The summed E-state index contributed by atoms with van der Waals surface area (Å²) in [4.78, 5) is 18.3. The van der Waals surface area contributed by atoms with E-state index >= 15 is 0 Å². The lowest BCUT2D eigenvalue weighted by Crippen LogP contribution is -2.30. The van der Waals surface area contributed by atoms with Crippen molar-refractivity contribution in [3.8, 4) is 0 Å². The summed E-state index contributed by atoms with van der Waals surface area (Å²) in [7, 11) is 0. The number of hydrogen-bond donors (Lipinski definition) is 1. The highest BCUT2D eigenvalue weighted by Gasteiger charge is 2.30. The van der Waals surface area contributed by atoms with E-state index in [1.165, 1.54) is 12.3 Å². The van der Waals surface area contributed by atoms with Crippen LogP contribution in [-0.2, 0) is 6.18 Å². The Morgan fingerprint density at radius 1 is 1.07 bits per heavy atom. The molecule has 2 aromatic carbocycles. The fourth-order valence-corrected chi connectivity index (χ4v) is 3.01. The van der Waals surface area contributed by atoms with E-state index in [1.807, 2.05) is 13.8 Å². The molecular formula is C21H20F3N3O. The van der Waals surface area contributed by atoms with Crippen molar-refractivity contribution in [3.05, 3.63) is 65.9 Å². The number of amides is 1. The first kappa shape index (κ1) is 19.7. The van der Waals surface area contributed by atoms with Gasteiger partial charge in [0.1, 0.15) is 0 Å². The van der Waals surface area contributed by atoms with E-state index in [-0.39, 0.29) is 11.4 Å². The van der Waals surface area contributed by atoms with Crippen molar-refractivity contribution in [2.75, 3.05) is 18.4 Å². The van der Waals surface area contributed by atoms with Crippen molar-refractivity contribution in [1.82, 2.24) is 9.88 Å². The molecule has 3 rings (SSSR count). The summed E-state index contributed by atoms with van der Waals surface area (Å²) in [5, 5.41) is 3.75. The van der Waals surface area contributed by atoms with Gasteiger partial charge in [0.2, 0.25) is 0 Å². The van der Waals surface area contributed by atoms with Gasteiger partial charge in [-0.25, -0.2) is 0 Å². The van der Waals surface area contributed by atoms with Gasteiger partial charge < -0.3 is 10.2 Å². The predicted molar refractivity (Wildman–Crippen MR) is 104 cm³/mol. The van der Waals surface area contributed by atoms with E-state index in [2.05, 4.69) is 10.3 Å². The van der Waals surface area contributed by atoms with Crippen molar-refractivity contribution < 1.29 is 18.0 Å². The van der Waals surface area contributed by atoms with Gasteiger partial charge in [-0.2, -0.15) is 13.2 Å². The van der Waals surface area contributed by atoms with Crippen LogP contribution < -0.4 is 5.32 Å². The van der Waals surface area contributed by atoms with Crippen molar-refractivity contribution >= 4 is 28.2 Å². The number of carbonyl (C=O) groups excluding carboxylic acids is 1. The van der Waals surface area contributed by atoms with Crippen molar-refractivity contribution in [2.24, 2.45) is 0 Å². The molecule has 0 spiro atoms. The normalized spacial score (nSPS) is 11.5. The Morgan fingerprint density at radius 2 is 1.82 bits per heavy atom. The lowest BCUT2D eigenvalue weighted by molar-refractivity contribution is -0.137. The molecular weight excluding hydrogens is 367 g/mol. The molecule has 0 aliphatic rings. The Hall–Kier alpha value is -3.09. The summed E-state index contributed by atoms with van der Waals surface area (Å²) in [6.07, 6.45) is -2.96. The lowest BCUT2D eigenvalue weighted by atomic mass is 10.1. The molecule has 1 heterocycles. The number of benzene rings is 2. The van der Waals surface area contributed by atoms with Crippen LogP contribution in [0.1, 0.15) is 29.8 Å². The van der Waals surface area contributed by atoms with Crippen molar-refractivity contribution in [3.63, 3.8) is 0 Å². The van der Waals surface area contributed by atoms with E-state index in [9.17, 15) is 18.0 Å². The predicted octanol–water partition coefficient (Wildman–Crippen LogP) is 5.48. The van der Waals surface area contributed by atoms with E-state index in [4.69, 9.17) is 0 Å². The van der Waals surface area contributed by atoms with Crippen molar-refractivity contribution in [1.29, 1.82) is 0 Å². The van der Waals surface area contributed by atoms with E-state index in [0.717, 1.165) is 12.1 Å². The van der Waals surface area contributed by atoms with Gasteiger partial charge in [-0.1, -0.05) is 12.1 Å². The SMILES string of the molecule is CCN(CC)C(=O)c1cccc(Nc2ccnc3cc(C(F)(F)F)ccc23)c1. The smallest absolute Gasteiger partial charge is 0.355 e. The van der Waals surface area contributed by atoms with Gasteiger partial charge in [0.15, 0.2) is 0 Å². The maximum absolute atomic E-state index is 12.9. The van der Waals surface area contributed by atoms with Gasteiger partial charge in [-0.3, -0.25) is 9.78 Å². The summed E-state index contributed by atoms with van der Waals surface area (Å²) in [5.41, 5.74) is 1.34. The van der Waals surface area contributed by atoms with Gasteiger partial charge in [0, 0.05) is 41.6 Å². The molecule has 0 bridgehead atoms. The largest absolute Gasteiger partial charge is 0.416 e. The van der Waals surface area contributed by atoms with Crippen LogP contribution in [0.2, 0.25) is 0 Å². The average Bonchev–Trinajstić information content (AvgIpc) is 2.68. The van der Waals surface area contributed by atoms with E-state index in [0.29, 0.717) is 35.4 Å². The number of anilines is 2. The number of nitrogens with zero attached hydrogens (tertiary/aromatic N) is 2. The Morgan fingerprint density at radius 3 is 2.50 bits per heavy atom. The molecule has 0 aliphatic carbocycles. The molecule has 0 saturated heterocycles. The van der Waals surface area contributed by atoms with Gasteiger partial charge in [-0.15, -0.1) is 0 Å². The summed E-state index contributed by atoms with van der Waals surface area (Å²) in [6.45, 7) is 5.07. The zero-order chi connectivity index (χ0) is 20.3. The van der Waals surface area contributed by atoms with Crippen LogP contribution in [0.15, 0.2) is 54.7 Å². The Bertz CT molecular complexity index is 998. The number of rotatable bonds is 5. The molecule has 0 aliphatic heterocycles. The summed E-state index contributed by atoms with van der Waals surface area (Å²) in [6, 6.07) is 12.2. The minimum Gasteiger partial charge on any atom is -0.355 e. The van der Waals surface area contributed by atoms with Gasteiger partial charge >= 0.3 is 6.18 Å². The number of carbonyl (C=O) groups is 1. The molecule has 0 fully saturated rings. The Balaban J connectivity index is 1.93. The van der Waals surface area contributed by atoms with Crippen LogP contribution in [0.4, 0.5) is 24.5 Å². The standard InChI is InChI=1S/C21H20F3N3O/c1-3-27(4-2)20(28)14-6-5-7-16(12-14)26-18-10-11-25-19-13-15(21(22,23)24)8-9-17(18)19/h5-13H,3-4H2,1-2H3,(H,25,26). The van der Waals surface area contributed by atoms with Crippen LogP contribution in [-0.4, -0.2) is 28.9 Å². The second-order valence-electron chi connectivity index (χ2n) is 6.27. The molecule has 3 aromatic rings. The Kier molecular flexibility index (Phi) is 5.53. The van der Waals surface area contributed by atoms with E-state index < -0.39 is 11.7 Å². The fraction of sp³-hybridized carbons (Fsp3) is 0.238. The monoisotopic (exact) mass is 387 g/mol. The number of fused-ring (bicyclic) bond motifs is 1. The minimum atomic E-state index is -4.42. The van der Waals surface area contributed by atoms with Crippen LogP contribution in [0.5, 0.6) is 0 Å². The first-order valence-corrected chi connectivity index (χ1v) is 8.95. The highest BCUT2D eigenvalue weighted by Crippen LogP contribution is 2.33. The molecule has 0 saturated carbocycles. The molecule has 1 aromatic heterocycles. The number of hydrogen-bond acceptors (Lipinski definition) is 3. The van der Waals surface area contributed by atoms with Crippen LogP contribution in [0.25, 0.3) is 10.9 Å². The van der Waals surface area contributed by atoms with Gasteiger partial charge in [-0.05, 0) is 50.2 Å². The first-order valence-electron chi connectivity index (χ1n) is 8.95. The Labute approximate surface area is 161 Å². The lowest BCUT2D eigenvalue weighted by Gasteiger charge is -2.19. The highest BCUT2D eigenvalue weighted by atomic mass is 19.4. The third-order valence-electron chi connectivity index (χ3n) is 4.51. The van der Waals surface area contributed by atoms with Crippen LogP contribution in [0, 0.1) is 0 Å². The van der Waals surface area contributed by atoms with Crippen LogP contribution in [0.3, 0.4) is 0 Å². The molecule has 28 heavy (non-hydrogen) atoms. The third-order valence-corrected chi connectivity index (χ3v) is 4.51. The van der Waals surface area contributed by atoms with Crippen LogP contribution >= 0.6 is 0 Å². The fourth-order valence-electron chi connectivity index (χ4n) is 3.01. The topological polar surface area (TPSA) is 45.2 Å². The van der Waals surface area contributed by atoms with E-state index in [1.54, 1.807) is 35.2 Å². The number of aromatic nitrogens is 1. The summed E-state index contributed by atoms with van der Waals surface area (Å²) >= 11 is 0. The highest BCUT2D eigenvalue weighted by molar-refractivity contribution is 5.96. The zero-order valence-corrected chi connectivity index (χ0v) is 15.5. The molecule has 1 amide bonds. The molecule has 7 heteroatoms. The van der Waals surface area contributed by atoms with Gasteiger partial charge in [0.25, 0.3) is 5.91 Å². The summed E-state index contributed by atoms with van der Waals surface area (Å²) < 4.78 is 38.8.